The van der Waals surface area contributed by atoms with Crippen LogP contribution in [0.15, 0.2) is 39.3 Å². The lowest BCUT2D eigenvalue weighted by atomic mass is 10.1. The lowest BCUT2D eigenvalue weighted by molar-refractivity contribution is 0.302. The normalized spacial score (nSPS) is 10.4. The number of halogens is 2. The van der Waals surface area contributed by atoms with E-state index >= 15 is 0 Å². The predicted octanol–water partition coefficient (Wildman–Crippen LogP) is 4.69. The van der Waals surface area contributed by atoms with Crippen molar-refractivity contribution in [1.82, 2.24) is 0 Å². The van der Waals surface area contributed by atoms with Crippen LogP contribution < -0.4 is 15.2 Å². The van der Waals surface area contributed by atoms with Crippen molar-refractivity contribution in [2.24, 2.45) is 0 Å². The van der Waals surface area contributed by atoms with E-state index in [1.54, 1.807) is 7.11 Å². The largest absolute Gasteiger partial charge is 0.496 e. The molecule has 0 bridgehead atoms. The molecule has 0 unspecified atom stereocenters. The molecule has 0 atom stereocenters. The summed E-state index contributed by atoms with van der Waals surface area (Å²) in [5, 5.41) is 0. The van der Waals surface area contributed by atoms with Crippen LogP contribution in [0.25, 0.3) is 0 Å². The van der Waals surface area contributed by atoms with Crippen molar-refractivity contribution in [2.45, 2.75) is 13.5 Å². The summed E-state index contributed by atoms with van der Waals surface area (Å²) in [6, 6.07) is 9.58. The fourth-order valence-corrected chi connectivity index (χ4v) is 2.71. The van der Waals surface area contributed by atoms with Crippen molar-refractivity contribution in [2.75, 3.05) is 12.8 Å². The van der Waals surface area contributed by atoms with Crippen molar-refractivity contribution in [3.8, 4) is 11.5 Å². The summed E-state index contributed by atoms with van der Waals surface area (Å²) in [4.78, 5) is 0. The molecular formula is C15H15Br2NO2. The van der Waals surface area contributed by atoms with Crippen molar-refractivity contribution < 1.29 is 9.47 Å². The molecule has 3 nitrogen and oxygen atoms in total. The maximum atomic E-state index is 5.89. The van der Waals surface area contributed by atoms with Gasteiger partial charge in [-0.25, -0.2) is 0 Å². The molecule has 0 saturated heterocycles. The molecule has 0 aliphatic rings. The van der Waals surface area contributed by atoms with E-state index < -0.39 is 0 Å². The van der Waals surface area contributed by atoms with Crippen molar-refractivity contribution in [3.63, 3.8) is 0 Å². The molecule has 0 amide bonds. The highest BCUT2D eigenvalue weighted by Gasteiger charge is 2.09. The van der Waals surface area contributed by atoms with E-state index in [1.165, 1.54) is 0 Å². The Kier molecular flexibility index (Phi) is 4.94. The molecule has 106 valence electrons. The number of ether oxygens (including phenoxy) is 2. The average molecular weight is 401 g/mol. The van der Waals surface area contributed by atoms with Gasteiger partial charge in [-0.15, -0.1) is 0 Å². The van der Waals surface area contributed by atoms with Gasteiger partial charge < -0.3 is 15.2 Å². The SMILES string of the molecule is COc1cc(Br)c(OCc2cccc(N)c2C)cc1Br. The standard InChI is InChI=1S/C15H15Br2NO2/c1-9-10(4-3-5-13(9)18)8-20-15-7-11(16)14(19-2)6-12(15)17/h3-7H,8,18H2,1-2H3. The Morgan fingerprint density at radius 3 is 2.45 bits per heavy atom. The third-order valence-corrected chi connectivity index (χ3v) is 4.32. The Morgan fingerprint density at radius 2 is 1.75 bits per heavy atom. The van der Waals surface area contributed by atoms with E-state index in [0.717, 1.165) is 37.3 Å². The number of nitrogens with two attached hydrogens (primary N) is 1. The Morgan fingerprint density at radius 1 is 1.10 bits per heavy atom. The van der Waals surface area contributed by atoms with Gasteiger partial charge in [-0.2, -0.15) is 0 Å². The first-order valence-corrected chi connectivity index (χ1v) is 7.61. The van der Waals surface area contributed by atoms with E-state index in [-0.39, 0.29) is 0 Å². The van der Waals surface area contributed by atoms with Crippen LogP contribution in [0.3, 0.4) is 0 Å². The van der Waals surface area contributed by atoms with Gasteiger partial charge >= 0.3 is 0 Å². The second kappa shape index (κ2) is 6.50. The van der Waals surface area contributed by atoms with Gasteiger partial charge in [0, 0.05) is 5.69 Å². The van der Waals surface area contributed by atoms with Gasteiger partial charge in [-0.05, 0) is 68.1 Å². The molecule has 2 aromatic rings. The van der Waals surface area contributed by atoms with Gasteiger partial charge in [0.1, 0.15) is 18.1 Å². The fraction of sp³-hybridized carbons (Fsp3) is 0.200. The summed E-state index contributed by atoms with van der Waals surface area (Å²) in [5.41, 5.74) is 8.80. The van der Waals surface area contributed by atoms with Gasteiger partial charge in [0.05, 0.1) is 16.1 Å². The number of nitrogen functional groups attached to an aromatic ring is 1. The topological polar surface area (TPSA) is 44.5 Å². The first-order valence-electron chi connectivity index (χ1n) is 6.02. The van der Waals surface area contributed by atoms with Crippen LogP contribution in [0.1, 0.15) is 11.1 Å². The number of anilines is 1. The van der Waals surface area contributed by atoms with Crippen LogP contribution in [0.2, 0.25) is 0 Å². The smallest absolute Gasteiger partial charge is 0.135 e. The zero-order valence-corrected chi connectivity index (χ0v) is 14.4. The van der Waals surface area contributed by atoms with Crippen LogP contribution in [-0.2, 0) is 6.61 Å². The predicted molar refractivity (Wildman–Crippen MR) is 88.3 cm³/mol. The first-order chi connectivity index (χ1) is 9.52. The van der Waals surface area contributed by atoms with E-state index in [1.807, 2.05) is 37.3 Å². The number of hydrogen-bond donors (Lipinski definition) is 1. The van der Waals surface area contributed by atoms with Crippen LogP contribution in [-0.4, -0.2) is 7.11 Å². The monoisotopic (exact) mass is 399 g/mol. The van der Waals surface area contributed by atoms with Crippen LogP contribution in [0.5, 0.6) is 11.5 Å². The zero-order valence-electron chi connectivity index (χ0n) is 11.2. The first kappa shape index (κ1) is 15.2. The summed E-state index contributed by atoms with van der Waals surface area (Å²) in [6.07, 6.45) is 0. The minimum absolute atomic E-state index is 0.467. The van der Waals surface area contributed by atoms with Crippen LogP contribution >= 0.6 is 31.9 Å². The van der Waals surface area contributed by atoms with Gasteiger partial charge in [0.15, 0.2) is 0 Å². The molecule has 2 rings (SSSR count). The maximum absolute atomic E-state index is 5.89. The molecule has 2 N–H and O–H groups in total. The van der Waals surface area contributed by atoms with Gasteiger partial charge in [-0.1, -0.05) is 12.1 Å². The zero-order chi connectivity index (χ0) is 14.7. The number of benzene rings is 2. The van der Waals surface area contributed by atoms with Crippen LogP contribution in [0, 0.1) is 6.92 Å². The number of hydrogen-bond acceptors (Lipinski definition) is 3. The van der Waals surface area contributed by atoms with Crippen molar-refractivity contribution in [1.29, 1.82) is 0 Å². The third kappa shape index (κ3) is 3.27. The lowest BCUT2D eigenvalue weighted by Gasteiger charge is -2.13. The molecular weight excluding hydrogens is 386 g/mol. The quantitative estimate of drug-likeness (QED) is 0.757. The third-order valence-electron chi connectivity index (χ3n) is 3.08. The van der Waals surface area contributed by atoms with Gasteiger partial charge in [0.2, 0.25) is 0 Å². The highest BCUT2D eigenvalue weighted by Crippen LogP contribution is 2.36. The Bertz CT molecular complexity index is 630. The summed E-state index contributed by atoms with van der Waals surface area (Å²) in [5.74, 6) is 1.50. The Labute approximate surface area is 135 Å². The Hall–Kier alpha value is -1.20. The lowest BCUT2D eigenvalue weighted by Crippen LogP contribution is -2.01. The van der Waals surface area contributed by atoms with E-state index in [4.69, 9.17) is 15.2 Å². The summed E-state index contributed by atoms with van der Waals surface area (Å²) >= 11 is 6.93. The van der Waals surface area contributed by atoms with Crippen molar-refractivity contribution in [3.05, 3.63) is 50.4 Å². The molecule has 5 heteroatoms. The maximum Gasteiger partial charge on any atom is 0.135 e. The van der Waals surface area contributed by atoms with E-state index in [2.05, 4.69) is 31.9 Å². The minimum Gasteiger partial charge on any atom is -0.496 e. The molecule has 0 aliphatic carbocycles. The molecule has 0 aliphatic heterocycles. The minimum atomic E-state index is 0.467. The molecule has 0 radical (unpaired) electrons. The average Bonchev–Trinajstić information content (AvgIpc) is 2.43. The summed E-state index contributed by atoms with van der Waals surface area (Å²) < 4.78 is 12.8. The van der Waals surface area contributed by atoms with Crippen molar-refractivity contribution >= 4 is 37.5 Å². The second-order valence-corrected chi connectivity index (χ2v) is 6.05. The number of rotatable bonds is 4. The molecule has 0 saturated carbocycles. The van der Waals surface area contributed by atoms with E-state index in [0.29, 0.717) is 6.61 Å². The molecule has 0 aromatic heterocycles. The highest BCUT2D eigenvalue weighted by molar-refractivity contribution is 9.11. The fourth-order valence-electron chi connectivity index (χ4n) is 1.79. The molecule has 0 spiro atoms. The second-order valence-electron chi connectivity index (χ2n) is 4.34. The molecule has 20 heavy (non-hydrogen) atoms. The number of methoxy groups -OCH3 is 1. The molecule has 2 aromatic carbocycles. The summed E-state index contributed by atoms with van der Waals surface area (Å²) in [7, 11) is 1.63. The Balaban J connectivity index is 2.19. The van der Waals surface area contributed by atoms with E-state index in [9.17, 15) is 0 Å². The van der Waals surface area contributed by atoms with Gasteiger partial charge in [-0.3, -0.25) is 0 Å². The van der Waals surface area contributed by atoms with Crippen LogP contribution in [0.4, 0.5) is 5.69 Å². The molecule has 0 fully saturated rings. The molecule has 0 heterocycles. The highest BCUT2D eigenvalue weighted by atomic mass is 79.9. The van der Waals surface area contributed by atoms with Gasteiger partial charge in [0.25, 0.3) is 0 Å². The summed E-state index contributed by atoms with van der Waals surface area (Å²) in [6.45, 7) is 2.46.